The van der Waals surface area contributed by atoms with E-state index in [4.69, 9.17) is 5.73 Å². The third-order valence-electron chi connectivity index (χ3n) is 3.18. The molecular weight excluding hydrogens is 286 g/mol. The van der Waals surface area contributed by atoms with Gasteiger partial charge in [0.1, 0.15) is 5.69 Å². The highest BCUT2D eigenvalue weighted by Gasteiger charge is 2.34. The van der Waals surface area contributed by atoms with Crippen LogP contribution in [-0.4, -0.2) is 47.4 Å². The van der Waals surface area contributed by atoms with Gasteiger partial charge in [-0.1, -0.05) is 0 Å². The number of nitrogen functional groups attached to an aromatic ring is 1. The molecule has 0 saturated carbocycles. The summed E-state index contributed by atoms with van der Waals surface area (Å²) >= 11 is 0. The molecule has 1 atom stereocenters. The van der Waals surface area contributed by atoms with Crippen LogP contribution >= 0.6 is 0 Å². The summed E-state index contributed by atoms with van der Waals surface area (Å²) in [5, 5.41) is 11.2. The molecule has 2 N–H and O–H groups in total. The van der Waals surface area contributed by atoms with Gasteiger partial charge in [0, 0.05) is 12.6 Å². The number of aromatic nitrogens is 2. The van der Waals surface area contributed by atoms with Crippen LogP contribution in [0.2, 0.25) is 0 Å². The minimum Gasteiger partial charge on any atom is -0.368 e. The largest absolute Gasteiger partial charge is 0.368 e. The topological polar surface area (TPSA) is 132 Å². The van der Waals surface area contributed by atoms with Crippen molar-refractivity contribution in [2.45, 2.75) is 19.9 Å². The first kappa shape index (κ1) is 14.4. The summed E-state index contributed by atoms with van der Waals surface area (Å²) in [6.45, 7) is 3.32. The van der Waals surface area contributed by atoms with Crippen molar-refractivity contribution in [3.63, 3.8) is 0 Å². The van der Waals surface area contributed by atoms with Crippen LogP contribution in [0.1, 0.15) is 12.6 Å². The number of anilines is 2. The molecule has 0 aliphatic carbocycles. The number of sulfone groups is 1. The molecule has 1 aromatic rings. The zero-order valence-corrected chi connectivity index (χ0v) is 11.9. The molecule has 1 saturated heterocycles. The van der Waals surface area contributed by atoms with Crippen molar-refractivity contribution in [1.82, 2.24) is 9.97 Å². The Labute approximate surface area is 115 Å². The van der Waals surface area contributed by atoms with Crippen LogP contribution in [0.5, 0.6) is 0 Å². The second-order valence-corrected chi connectivity index (χ2v) is 6.98. The van der Waals surface area contributed by atoms with E-state index in [0.29, 0.717) is 0 Å². The zero-order chi connectivity index (χ0) is 15.1. The Balaban J connectivity index is 2.50. The van der Waals surface area contributed by atoms with E-state index in [1.165, 1.54) is 6.92 Å². The maximum Gasteiger partial charge on any atom is 0.332 e. The Morgan fingerprint density at radius 2 is 2.10 bits per heavy atom. The summed E-state index contributed by atoms with van der Waals surface area (Å²) in [6.07, 6.45) is 0. The third-order valence-corrected chi connectivity index (χ3v) is 4.98. The molecule has 0 spiro atoms. The van der Waals surface area contributed by atoms with E-state index in [9.17, 15) is 18.5 Å². The molecule has 0 amide bonds. The fraction of sp³-hybridized carbons (Fsp3) is 0.600. The summed E-state index contributed by atoms with van der Waals surface area (Å²) in [4.78, 5) is 19.9. The highest BCUT2D eigenvalue weighted by Crippen LogP contribution is 2.31. The average molecular weight is 301 g/mol. The number of aryl methyl sites for hydroxylation is 1. The molecule has 110 valence electrons. The predicted molar refractivity (Wildman–Crippen MR) is 73.3 cm³/mol. The summed E-state index contributed by atoms with van der Waals surface area (Å²) in [6, 6.07) is -0.402. The minimum atomic E-state index is -3.11. The Bertz CT molecular complexity index is 660. The molecule has 1 aliphatic rings. The number of nitrogens with zero attached hydrogens (tertiary/aromatic N) is 4. The molecule has 1 aliphatic heterocycles. The smallest absolute Gasteiger partial charge is 0.332 e. The SMILES string of the molecule is Cc1nc(N)nc(N2CCS(=O)(=O)CC2C)c1[N+](=O)[O-]. The maximum atomic E-state index is 11.6. The molecule has 1 aromatic heterocycles. The Kier molecular flexibility index (Phi) is 3.50. The molecule has 1 unspecified atom stereocenters. The van der Waals surface area contributed by atoms with Gasteiger partial charge in [0.05, 0.1) is 16.4 Å². The molecule has 20 heavy (non-hydrogen) atoms. The van der Waals surface area contributed by atoms with Crippen LogP contribution < -0.4 is 10.6 Å². The standard InChI is InChI=1S/C10H15N5O4S/c1-6-5-20(18,19)4-3-14(6)9-8(15(16)17)7(2)12-10(11)13-9/h6H,3-5H2,1-2H3,(H2,11,12,13). The molecule has 0 aromatic carbocycles. The van der Waals surface area contributed by atoms with Gasteiger partial charge < -0.3 is 10.6 Å². The zero-order valence-electron chi connectivity index (χ0n) is 11.1. The van der Waals surface area contributed by atoms with Crippen LogP contribution in [0.25, 0.3) is 0 Å². The Hall–Kier alpha value is -1.97. The van der Waals surface area contributed by atoms with E-state index >= 15 is 0 Å². The fourth-order valence-electron chi connectivity index (χ4n) is 2.30. The third kappa shape index (κ3) is 2.64. The number of hydrogen-bond acceptors (Lipinski definition) is 8. The van der Waals surface area contributed by atoms with E-state index in [-0.39, 0.29) is 41.2 Å². The van der Waals surface area contributed by atoms with Crippen LogP contribution in [-0.2, 0) is 9.84 Å². The van der Waals surface area contributed by atoms with Crippen LogP contribution in [0, 0.1) is 17.0 Å². The van der Waals surface area contributed by atoms with Crippen molar-refractivity contribution >= 4 is 27.3 Å². The lowest BCUT2D eigenvalue weighted by Crippen LogP contribution is -2.47. The monoisotopic (exact) mass is 301 g/mol. The highest BCUT2D eigenvalue weighted by atomic mass is 32.2. The van der Waals surface area contributed by atoms with Gasteiger partial charge in [-0.05, 0) is 13.8 Å². The average Bonchev–Trinajstić information content (AvgIpc) is 2.25. The van der Waals surface area contributed by atoms with Gasteiger partial charge in [-0.2, -0.15) is 4.98 Å². The van der Waals surface area contributed by atoms with Crippen molar-refractivity contribution in [3.05, 3.63) is 15.8 Å². The van der Waals surface area contributed by atoms with Gasteiger partial charge in [0.2, 0.25) is 11.8 Å². The second kappa shape index (κ2) is 4.85. The minimum absolute atomic E-state index is 0.0581. The number of nitrogens with two attached hydrogens (primary N) is 1. The van der Waals surface area contributed by atoms with Gasteiger partial charge in [-0.25, -0.2) is 13.4 Å². The fourth-order valence-corrected chi connectivity index (χ4v) is 3.86. The first-order chi connectivity index (χ1) is 9.21. The lowest BCUT2D eigenvalue weighted by atomic mass is 10.2. The predicted octanol–water partition coefficient (Wildman–Crippen LogP) is -0.101. The lowest BCUT2D eigenvalue weighted by Gasteiger charge is -2.33. The molecule has 2 rings (SSSR count). The van der Waals surface area contributed by atoms with Gasteiger partial charge in [0.25, 0.3) is 0 Å². The van der Waals surface area contributed by atoms with E-state index in [1.807, 2.05) is 0 Å². The molecule has 10 heteroatoms. The van der Waals surface area contributed by atoms with E-state index in [0.717, 1.165) is 0 Å². The van der Waals surface area contributed by atoms with E-state index in [1.54, 1.807) is 11.8 Å². The van der Waals surface area contributed by atoms with Crippen molar-refractivity contribution in [2.75, 3.05) is 28.7 Å². The Morgan fingerprint density at radius 1 is 1.45 bits per heavy atom. The van der Waals surface area contributed by atoms with Crippen molar-refractivity contribution < 1.29 is 13.3 Å². The summed E-state index contributed by atoms with van der Waals surface area (Å²) in [5.41, 5.74) is 5.48. The molecule has 2 heterocycles. The van der Waals surface area contributed by atoms with Crippen LogP contribution in [0.3, 0.4) is 0 Å². The number of hydrogen-bond donors (Lipinski definition) is 1. The van der Waals surface area contributed by atoms with Gasteiger partial charge >= 0.3 is 5.69 Å². The molecular formula is C10H15N5O4S. The van der Waals surface area contributed by atoms with Crippen molar-refractivity contribution in [1.29, 1.82) is 0 Å². The number of rotatable bonds is 2. The van der Waals surface area contributed by atoms with Crippen LogP contribution in [0.4, 0.5) is 17.5 Å². The molecule has 0 radical (unpaired) electrons. The summed E-state index contributed by atoms with van der Waals surface area (Å²) < 4.78 is 23.1. The first-order valence-electron chi connectivity index (χ1n) is 5.97. The highest BCUT2D eigenvalue weighted by molar-refractivity contribution is 7.91. The van der Waals surface area contributed by atoms with Gasteiger partial charge in [0.15, 0.2) is 9.84 Å². The summed E-state index contributed by atoms with van der Waals surface area (Å²) in [7, 11) is -3.11. The lowest BCUT2D eigenvalue weighted by molar-refractivity contribution is -0.385. The molecule has 0 bridgehead atoms. The Morgan fingerprint density at radius 3 is 2.65 bits per heavy atom. The quantitative estimate of drug-likeness (QED) is 0.591. The van der Waals surface area contributed by atoms with Crippen molar-refractivity contribution in [3.8, 4) is 0 Å². The molecule has 9 nitrogen and oxygen atoms in total. The van der Waals surface area contributed by atoms with E-state index in [2.05, 4.69) is 9.97 Å². The van der Waals surface area contributed by atoms with Crippen molar-refractivity contribution in [2.24, 2.45) is 0 Å². The van der Waals surface area contributed by atoms with Crippen LogP contribution in [0.15, 0.2) is 0 Å². The van der Waals surface area contributed by atoms with E-state index < -0.39 is 20.8 Å². The maximum absolute atomic E-state index is 11.6. The normalized spacial score (nSPS) is 21.7. The van der Waals surface area contributed by atoms with Gasteiger partial charge in [-0.3, -0.25) is 10.1 Å². The second-order valence-electron chi connectivity index (χ2n) is 4.75. The summed E-state index contributed by atoms with van der Waals surface area (Å²) in [5.74, 6) is -0.101. The molecule has 1 fully saturated rings. The van der Waals surface area contributed by atoms with Gasteiger partial charge in [-0.15, -0.1) is 0 Å². The first-order valence-corrected chi connectivity index (χ1v) is 7.79. The number of nitro groups is 1.